The highest BCUT2D eigenvalue weighted by Crippen LogP contribution is 2.22. The summed E-state index contributed by atoms with van der Waals surface area (Å²) >= 11 is 0. The molecule has 0 aliphatic heterocycles. The number of hydrogen-bond acceptors (Lipinski definition) is 4. The molecule has 1 fully saturated rings. The summed E-state index contributed by atoms with van der Waals surface area (Å²) in [6.07, 6.45) is 2.36. The van der Waals surface area contributed by atoms with E-state index in [0.717, 1.165) is 0 Å². The van der Waals surface area contributed by atoms with Gasteiger partial charge >= 0.3 is 0 Å². The molecule has 6 heteroatoms. The van der Waals surface area contributed by atoms with E-state index in [4.69, 9.17) is 0 Å². The normalized spacial score (nSPS) is 16.7. The number of benzene rings is 1. The Morgan fingerprint density at radius 2 is 2.12 bits per heavy atom. The van der Waals surface area contributed by atoms with Crippen LogP contribution in [-0.2, 0) is 10.8 Å². The van der Waals surface area contributed by atoms with Crippen LogP contribution >= 0.6 is 0 Å². The Bertz CT molecular complexity index is 446. The van der Waals surface area contributed by atoms with Crippen LogP contribution in [0.5, 0.6) is 0 Å². The lowest BCUT2D eigenvalue weighted by Crippen LogP contribution is -2.22. The minimum absolute atomic E-state index is 0.0581. The molecule has 0 bridgehead atoms. The first kappa shape index (κ1) is 12.2. The van der Waals surface area contributed by atoms with Crippen molar-refractivity contribution in [3.8, 4) is 0 Å². The average Bonchev–Trinajstić information content (AvgIpc) is 3.13. The highest BCUT2D eigenvalue weighted by molar-refractivity contribution is 7.85. The van der Waals surface area contributed by atoms with Crippen molar-refractivity contribution >= 4 is 16.5 Å². The van der Waals surface area contributed by atoms with Crippen LogP contribution in [0, 0.1) is 10.1 Å². The molecule has 5 nitrogen and oxygen atoms in total. The Balaban J connectivity index is 1.99. The fourth-order valence-electron chi connectivity index (χ4n) is 1.55. The summed E-state index contributed by atoms with van der Waals surface area (Å²) in [5.74, 6) is 0.418. The summed E-state index contributed by atoms with van der Waals surface area (Å²) in [5, 5.41) is 14.0. The van der Waals surface area contributed by atoms with Crippen LogP contribution in [0.4, 0.5) is 5.69 Å². The Labute approximate surface area is 102 Å². The summed E-state index contributed by atoms with van der Waals surface area (Å²) in [6, 6.07) is 6.78. The molecule has 17 heavy (non-hydrogen) atoms. The molecule has 1 atom stereocenters. The van der Waals surface area contributed by atoms with Crippen molar-refractivity contribution < 1.29 is 9.13 Å². The number of nitrogens with one attached hydrogen (secondary N) is 1. The Kier molecular flexibility index (Phi) is 3.86. The van der Waals surface area contributed by atoms with E-state index in [1.165, 1.54) is 18.9 Å². The van der Waals surface area contributed by atoms with Gasteiger partial charge in [0.1, 0.15) is 4.90 Å². The van der Waals surface area contributed by atoms with Gasteiger partial charge in [0, 0.05) is 24.4 Å². The van der Waals surface area contributed by atoms with Gasteiger partial charge in [0.15, 0.2) is 0 Å². The van der Waals surface area contributed by atoms with Gasteiger partial charge in [-0.05, 0) is 18.9 Å². The van der Waals surface area contributed by atoms with Gasteiger partial charge in [0.05, 0.1) is 15.7 Å². The zero-order valence-corrected chi connectivity index (χ0v) is 10.1. The molecule has 0 amide bonds. The number of rotatable bonds is 6. The van der Waals surface area contributed by atoms with Crippen molar-refractivity contribution in [2.75, 3.05) is 12.3 Å². The second-order valence-electron chi connectivity index (χ2n) is 4.00. The maximum atomic E-state index is 11.9. The summed E-state index contributed by atoms with van der Waals surface area (Å²) in [7, 11) is -1.31. The van der Waals surface area contributed by atoms with Crippen molar-refractivity contribution in [3.05, 3.63) is 34.4 Å². The fourth-order valence-corrected chi connectivity index (χ4v) is 2.68. The molecule has 0 radical (unpaired) electrons. The molecule has 1 saturated carbocycles. The van der Waals surface area contributed by atoms with Crippen molar-refractivity contribution in [2.24, 2.45) is 0 Å². The van der Waals surface area contributed by atoms with Crippen LogP contribution in [0.15, 0.2) is 29.2 Å². The zero-order chi connectivity index (χ0) is 12.3. The Morgan fingerprint density at radius 1 is 1.41 bits per heavy atom. The Hall–Kier alpha value is -1.27. The van der Waals surface area contributed by atoms with Crippen LogP contribution < -0.4 is 5.32 Å². The quantitative estimate of drug-likeness (QED) is 0.616. The number of nitrogens with zero attached hydrogens (tertiary/aromatic N) is 1. The Morgan fingerprint density at radius 3 is 2.76 bits per heavy atom. The third-order valence-corrected chi connectivity index (χ3v) is 4.02. The van der Waals surface area contributed by atoms with E-state index < -0.39 is 15.7 Å². The number of hydrogen-bond donors (Lipinski definition) is 1. The van der Waals surface area contributed by atoms with Crippen LogP contribution in [0.3, 0.4) is 0 Å². The molecule has 1 aromatic rings. The lowest BCUT2D eigenvalue weighted by molar-refractivity contribution is -0.387. The van der Waals surface area contributed by atoms with Crippen molar-refractivity contribution in [3.63, 3.8) is 0 Å². The molecule has 1 aliphatic carbocycles. The largest absolute Gasteiger partial charge is 0.313 e. The third-order valence-electron chi connectivity index (χ3n) is 2.61. The average molecular weight is 254 g/mol. The molecule has 92 valence electrons. The first-order valence-corrected chi connectivity index (χ1v) is 6.85. The maximum Gasteiger partial charge on any atom is 0.285 e. The van der Waals surface area contributed by atoms with E-state index in [1.807, 2.05) is 0 Å². The molecule has 0 saturated heterocycles. The minimum atomic E-state index is -1.31. The second-order valence-corrected chi connectivity index (χ2v) is 5.54. The highest BCUT2D eigenvalue weighted by atomic mass is 32.2. The monoisotopic (exact) mass is 254 g/mol. The summed E-state index contributed by atoms with van der Waals surface area (Å²) in [5.41, 5.74) is -0.0581. The summed E-state index contributed by atoms with van der Waals surface area (Å²) < 4.78 is 11.9. The minimum Gasteiger partial charge on any atom is -0.313 e. The lowest BCUT2D eigenvalue weighted by Gasteiger charge is -2.04. The summed E-state index contributed by atoms with van der Waals surface area (Å²) in [6.45, 7) is 0.642. The van der Waals surface area contributed by atoms with Crippen LogP contribution in [-0.4, -0.2) is 27.5 Å². The molecule has 0 heterocycles. The number of nitro groups is 1. The SMILES string of the molecule is O=[N+]([O-])c1ccccc1S(=O)CCNC1CC1. The molecule has 0 spiro atoms. The topological polar surface area (TPSA) is 72.2 Å². The van der Waals surface area contributed by atoms with E-state index >= 15 is 0 Å². The van der Waals surface area contributed by atoms with Crippen LogP contribution in [0.1, 0.15) is 12.8 Å². The molecule has 2 rings (SSSR count). The van der Waals surface area contributed by atoms with E-state index in [1.54, 1.807) is 18.2 Å². The van der Waals surface area contributed by atoms with Gasteiger partial charge in [-0.25, -0.2) is 0 Å². The van der Waals surface area contributed by atoms with Gasteiger partial charge in [0.2, 0.25) is 0 Å². The first-order chi connectivity index (χ1) is 8.18. The predicted octanol–water partition coefficient (Wildman–Crippen LogP) is 1.45. The molecule has 1 aliphatic rings. The van der Waals surface area contributed by atoms with Gasteiger partial charge < -0.3 is 5.32 Å². The van der Waals surface area contributed by atoms with Gasteiger partial charge in [0.25, 0.3) is 5.69 Å². The maximum absolute atomic E-state index is 11.9. The van der Waals surface area contributed by atoms with Crippen molar-refractivity contribution in [1.82, 2.24) is 5.32 Å². The highest BCUT2D eigenvalue weighted by Gasteiger charge is 2.21. The molecule has 1 aromatic carbocycles. The van der Waals surface area contributed by atoms with Gasteiger partial charge in [-0.15, -0.1) is 0 Å². The molecule has 0 aromatic heterocycles. The fraction of sp³-hybridized carbons (Fsp3) is 0.455. The molecule has 1 unspecified atom stereocenters. The van der Waals surface area contributed by atoms with E-state index in [9.17, 15) is 14.3 Å². The number of nitro benzene ring substituents is 1. The smallest absolute Gasteiger partial charge is 0.285 e. The van der Waals surface area contributed by atoms with Crippen LogP contribution in [0.2, 0.25) is 0 Å². The van der Waals surface area contributed by atoms with E-state index in [2.05, 4.69) is 5.32 Å². The third kappa shape index (κ3) is 3.34. The molecular weight excluding hydrogens is 240 g/mol. The van der Waals surface area contributed by atoms with Gasteiger partial charge in [-0.3, -0.25) is 14.3 Å². The predicted molar refractivity (Wildman–Crippen MR) is 65.4 cm³/mol. The van der Waals surface area contributed by atoms with Crippen molar-refractivity contribution in [2.45, 2.75) is 23.8 Å². The van der Waals surface area contributed by atoms with E-state index in [0.29, 0.717) is 23.2 Å². The second kappa shape index (κ2) is 5.37. The van der Waals surface area contributed by atoms with Gasteiger partial charge in [-0.2, -0.15) is 0 Å². The van der Waals surface area contributed by atoms with E-state index in [-0.39, 0.29) is 5.69 Å². The molecule has 1 N–H and O–H groups in total. The zero-order valence-electron chi connectivity index (χ0n) is 9.30. The first-order valence-electron chi connectivity index (χ1n) is 5.53. The van der Waals surface area contributed by atoms with Crippen LogP contribution in [0.25, 0.3) is 0 Å². The number of para-hydroxylation sites is 1. The van der Waals surface area contributed by atoms with Crippen molar-refractivity contribution in [1.29, 1.82) is 0 Å². The summed E-state index contributed by atoms with van der Waals surface area (Å²) in [4.78, 5) is 10.6. The molecular formula is C11H14N2O3S. The lowest BCUT2D eigenvalue weighted by atomic mass is 10.3. The van der Waals surface area contributed by atoms with Gasteiger partial charge in [-0.1, -0.05) is 12.1 Å². The standard InChI is InChI=1S/C11H14N2O3S/c14-13(15)10-3-1-2-4-11(10)17(16)8-7-12-9-5-6-9/h1-4,9,12H,5-8H2.